The van der Waals surface area contributed by atoms with Crippen LogP contribution in [0.4, 0.5) is 8.78 Å². The molecule has 1 unspecified atom stereocenters. The summed E-state index contributed by atoms with van der Waals surface area (Å²) in [5.74, 6) is -1.41. The van der Waals surface area contributed by atoms with Crippen molar-refractivity contribution in [1.82, 2.24) is 14.8 Å². The average Bonchev–Trinajstić information content (AvgIpc) is 2.96. The minimum absolute atomic E-state index is 0.263. The first kappa shape index (κ1) is 12.6. The van der Waals surface area contributed by atoms with Crippen LogP contribution in [0.15, 0.2) is 17.8 Å². The lowest BCUT2D eigenvalue weighted by molar-refractivity contribution is -0.138. The van der Waals surface area contributed by atoms with E-state index in [1.165, 1.54) is 29.4 Å². The van der Waals surface area contributed by atoms with E-state index in [4.69, 9.17) is 5.11 Å². The molecule has 0 bridgehead atoms. The molecule has 0 saturated heterocycles. The summed E-state index contributed by atoms with van der Waals surface area (Å²) in [7, 11) is 0. The zero-order chi connectivity index (χ0) is 13.3. The molecule has 0 fully saturated rings. The quantitative estimate of drug-likeness (QED) is 0.929. The second kappa shape index (κ2) is 4.81. The Balaban J connectivity index is 2.26. The van der Waals surface area contributed by atoms with Crippen molar-refractivity contribution < 1.29 is 18.7 Å². The van der Waals surface area contributed by atoms with Gasteiger partial charge in [-0.2, -0.15) is 5.10 Å². The molecular formula is C10H9F2N3O2S. The molecule has 96 valence electrons. The van der Waals surface area contributed by atoms with Crippen LogP contribution in [-0.2, 0) is 4.79 Å². The van der Waals surface area contributed by atoms with Crippen molar-refractivity contribution in [3.8, 4) is 5.82 Å². The van der Waals surface area contributed by atoms with E-state index in [9.17, 15) is 13.6 Å². The van der Waals surface area contributed by atoms with Gasteiger partial charge in [-0.05, 0) is 6.92 Å². The molecule has 0 saturated carbocycles. The summed E-state index contributed by atoms with van der Waals surface area (Å²) in [6.45, 7) is 1.52. The molecule has 0 aliphatic carbocycles. The predicted octanol–water partition coefficient (Wildman–Crippen LogP) is 2.45. The highest BCUT2D eigenvalue weighted by molar-refractivity contribution is 7.09. The molecule has 1 N–H and O–H groups in total. The Morgan fingerprint density at radius 1 is 1.56 bits per heavy atom. The molecule has 2 heterocycles. The van der Waals surface area contributed by atoms with E-state index in [1.54, 1.807) is 0 Å². The number of rotatable bonds is 4. The lowest BCUT2D eigenvalue weighted by atomic mass is 10.1. The predicted molar refractivity (Wildman–Crippen MR) is 60.2 cm³/mol. The Kier molecular flexibility index (Phi) is 3.37. The molecule has 0 radical (unpaired) electrons. The molecule has 2 aromatic heterocycles. The number of hydrogen-bond donors (Lipinski definition) is 1. The van der Waals surface area contributed by atoms with E-state index in [2.05, 4.69) is 10.1 Å². The second-order valence-electron chi connectivity index (χ2n) is 3.62. The summed E-state index contributed by atoms with van der Waals surface area (Å²) >= 11 is 0.838. The van der Waals surface area contributed by atoms with E-state index < -0.39 is 18.3 Å². The van der Waals surface area contributed by atoms with Crippen LogP contribution in [0, 0.1) is 0 Å². The van der Waals surface area contributed by atoms with Gasteiger partial charge in [-0.25, -0.2) is 18.4 Å². The zero-order valence-corrected chi connectivity index (χ0v) is 10.1. The number of carboxylic acid groups (broad SMARTS) is 1. The largest absolute Gasteiger partial charge is 0.481 e. The minimum atomic E-state index is -2.61. The van der Waals surface area contributed by atoms with Crippen LogP contribution < -0.4 is 0 Å². The fourth-order valence-electron chi connectivity index (χ4n) is 1.31. The van der Waals surface area contributed by atoms with Gasteiger partial charge in [0, 0.05) is 17.1 Å². The van der Waals surface area contributed by atoms with Crippen molar-refractivity contribution in [2.75, 3.05) is 0 Å². The number of nitrogens with zero attached hydrogens (tertiary/aromatic N) is 3. The molecule has 2 rings (SSSR count). The second-order valence-corrected chi connectivity index (χ2v) is 4.51. The normalized spacial score (nSPS) is 12.9. The Labute approximate surface area is 105 Å². The van der Waals surface area contributed by atoms with Gasteiger partial charge in [0.1, 0.15) is 0 Å². The molecule has 8 heteroatoms. The number of thiazole rings is 1. The van der Waals surface area contributed by atoms with E-state index in [1.807, 2.05) is 0 Å². The van der Waals surface area contributed by atoms with Gasteiger partial charge in [-0.15, -0.1) is 11.3 Å². The Morgan fingerprint density at radius 3 is 2.83 bits per heavy atom. The fraction of sp³-hybridized carbons (Fsp3) is 0.300. The number of carbonyl (C=O) groups is 1. The van der Waals surface area contributed by atoms with Gasteiger partial charge in [0.2, 0.25) is 0 Å². The Hall–Kier alpha value is -1.83. The maximum Gasteiger partial charge on any atom is 0.310 e. The smallest absolute Gasteiger partial charge is 0.310 e. The Bertz CT molecular complexity index is 567. The van der Waals surface area contributed by atoms with Gasteiger partial charge in [-0.3, -0.25) is 4.79 Å². The van der Waals surface area contributed by atoms with Crippen molar-refractivity contribution in [2.45, 2.75) is 19.3 Å². The molecule has 5 nitrogen and oxygen atoms in total. The molecule has 0 aromatic carbocycles. The van der Waals surface area contributed by atoms with Gasteiger partial charge >= 0.3 is 5.97 Å². The maximum atomic E-state index is 12.4. The van der Waals surface area contributed by atoms with Crippen LogP contribution in [0.1, 0.15) is 29.8 Å². The molecular weight excluding hydrogens is 264 g/mol. The van der Waals surface area contributed by atoms with E-state index in [0.717, 1.165) is 11.3 Å². The van der Waals surface area contributed by atoms with E-state index in [0.29, 0.717) is 5.56 Å². The first-order valence-corrected chi connectivity index (χ1v) is 5.88. The van der Waals surface area contributed by atoms with Gasteiger partial charge in [0.15, 0.2) is 10.8 Å². The summed E-state index contributed by atoms with van der Waals surface area (Å²) in [5.41, 5.74) is 0.495. The van der Waals surface area contributed by atoms with Crippen LogP contribution in [0.5, 0.6) is 0 Å². The number of halogens is 2. The molecule has 18 heavy (non-hydrogen) atoms. The van der Waals surface area contributed by atoms with Crippen molar-refractivity contribution in [2.24, 2.45) is 0 Å². The van der Waals surface area contributed by atoms with Crippen molar-refractivity contribution in [3.63, 3.8) is 0 Å². The molecule has 0 aliphatic rings. The first-order valence-electron chi connectivity index (χ1n) is 5.00. The number of hydrogen-bond acceptors (Lipinski definition) is 4. The topological polar surface area (TPSA) is 68.0 Å². The third-order valence-electron chi connectivity index (χ3n) is 2.40. The van der Waals surface area contributed by atoms with Crippen molar-refractivity contribution in [1.29, 1.82) is 0 Å². The van der Waals surface area contributed by atoms with Gasteiger partial charge in [0.05, 0.1) is 12.1 Å². The van der Waals surface area contributed by atoms with Gasteiger partial charge in [-0.1, -0.05) is 0 Å². The number of alkyl halides is 2. The third-order valence-corrected chi connectivity index (χ3v) is 3.24. The van der Waals surface area contributed by atoms with Crippen LogP contribution in [0.3, 0.4) is 0 Å². The average molecular weight is 273 g/mol. The van der Waals surface area contributed by atoms with E-state index in [-0.39, 0.29) is 10.8 Å². The zero-order valence-electron chi connectivity index (χ0n) is 9.25. The van der Waals surface area contributed by atoms with Crippen LogP contribution in [0.25, 0.3) is 5.82 Å². The monoisotopic (exact) mass is 273 g/mol. The highest BCUT2D eigenvalue weighted by Gasteiger charge is 2.17. The van der Waals surface area contributed by atoms with Crippen LogP contribution >= 0.6 is 11.3 Å². The highest BCUT2D eigenvalue weighted by atomic mass is 32.1. The molecule has 2 aromatic rings. The number of carboxylic acids is 1. The molecule has 0 amide bonds. The van der Waals surface area contributed by atoms with Gasteiger partial charge in [0.25, 0.3) is 6.43 Å². The first-order chi connectivity index (χ1) is 8.49. The van der Waals surface area contributed by atoms with Crippen molar-refractivity contribution >= 4 is 17.3 Å². The third kappa shape index (κ3) is 2.37. The van der Waals surface area contributed by atoms with E-state index >= 15 is 0 Å². The molecule has 0 spiro atoms. The summed E-state index contributed by atoms with van der Waals surface area (Å²) < 4.78 is 26.0. The standard InChI is InChI=1S/C10H9F2N3O2S/c1-5(10(16)17)6-2-13-15(3-6)7-4-18-9(14-7)8(11)12/h2-5,8H,1H3,(H,16,17). The Morgan fingerprint density at radius 2 is 2.28 bits per heavy atom. The summed E-state index contributed by atoms with van der Waals surface area (Å²) in [6.07, 6.45) is 0.250. The lowest BCUT2D eigenvalue weighted by Gasteiger charge is -2.00. The summed E-state index contributed by atoms with van der Waals surface area (Å²) in [4.78, 5) is 14.5. The van der Waals surface area contributed by atoms with Crippen LogP contribution in [0.2, 0.25) is 0 Å². The van der Waals surface area contributed by atoms with Crippen LogP contribution in [-0.4, -0.2) is 25.8 Å². The van der Waals surface area contributed by atoms with Gasteiger partial charge < -0.3 is 5.11 Å². The summed E-state index contributed by atoms with van der Waals surface area (Å²) in [6, 6.07) is 0. The molecule has 1 atom stereocenters. The minimum Gasteiger partial charge on any atom is -0.481 e. The van der Waals surface area contributed by atoms with Crippen molar-refractivity contribution in [3.05, 3.63) is 28.3 Å². The maximum absolute atomic E-state index is 12.4. The number of aliphatic carboxylic acids is 1. The SMILES string of the molecule is CC(C(=O)O)c1cnn(-c2csc(C(F)F)n2)c1. The summed E-state index contributed by atoms with van der Waals surface area (Å²) in [5, 5.41) is 13.9. The molecule has 0 aliphatic heterocycles. The lowest BCUT2D eigenvalue weighted by Crippen LogP contribution is -2.06. The fourth-order valence-corrected chi connectivity index (χ4v) is 1.95. The highest BCUT2D eigenvalue weighted by Crippen LogP contribution is 2.24. The number of aromatic nitrogens is 3.